The monoisotopic (exact) mass is 447 g/mol. The molecule has 5 aliphatic rings. The SMILES string of the molecule is COc1cccc(S(=O)(=O)N2CCC(CNC(=O)NC34CC5CC(CC(C5)C3)C4)C2)c1. The van der Waals surface area contributed by atoms with Crippen LogP contribution in [0, 0.1) is 23.7 Å². The van der Waals surface area contributed by atoms with Gasteiger partial charge in [0.15, 0.2) is 0 Å². The summed E-state index contributed by atoms with van der Waals surface area (Å²) in [6.07, 6.45) is 8.18. The van der Waals surface area contributed by atoms with Crippen molar-refractivity contribution >= 4 is 16.1 Å². The minimum absolute atomic E-state index is 0.00372. The Morgan fingerprint density at radius 2 is 1.84 bits per heavy atom. The van der Waals surface area contributed by atoms with E-state index in [-0.39, 0.29) is 22.4 Å². The number of methoxy groups -OCH3 is 1. The van der Waals surface area contributed by atoms with Crippen LogP contribution in [-0.4, -0.2) is 51.0 Å². The minimum atomic E-state index is -3.55. The zero-order valence-electron chi connectivity index (χ0n) is 18.2. The normalized spacial score (nSPS) is 34.6. The number of urea groups is 1. The molecule has 6 rings (SSSR count). The van der Waals surface area contributed by atoms with Gasteiger partial charge in [-0.1, -0.05) is 6.07 Å². The van der Waals surface area contributed by atoms with Gasteiger partial charge < -0.3 is 15.4 Å². The van der Waals surface area contributed by atoms with Gasteiger partial charge in [-0.25, -0.2) is 13.2 Å². The van der Waals surface area contributed by atoms with Gasteiger partial charge in [-0.05, 0) is 80.8 Å². The number of rotatable bonds is 6. The van der Waals surface area contributed by atoms with Gasteiger partial charge in [-0.3, -0.25) is 0 Å². The Morgan fingerprint density at radius 1 is 1.16 bits per heavy atom. The van der Waals surface area contributed by atoms with Crippen LogP contribution >= 0.6 is 0 Å². The second-order valence-electron chi connectivity index (χ2n) is 10.2. The number of nitrogens with zero attached hydrogens (tertiary/aromatic N) is 1. The van der Waals surface area contributed by atoms with Gasteiger partial charge >= 0.3 is 6.03 Å². The summed E-state index contributed by atoms with van der Waals surface area (Å²) in [5.41, 5.74) is -0.00372. The van der Waals surface area contributed by atoms with E-state index >= 15 is 0 Å². The predicted octanol–water partition coefficient (Wildman–Crippen LogP) is 2.97. The van der Waals surface area contributed by atoms with Gasteiger partial charge in [0.05, 0.1) is 12.0 Å². The third kappa shape index (κ3) is 4.16. The Kier molecular flexibility index (Phi) is 5.41. The number of carbonyl (C=O) groups is 1. The fourth-order valence-corrected chi connectivity index (χ4v) is 8.45. The Morgan fingerprint density at radius 3 is 2.48 bits per heavy atom. The largest absolute Gasteiger partial charge is 0.497 e. The summed E-state index contributed by atoms with van der Waals surface area (Å²) in [5.74, 6) is 3.02. The average molecular weight is 448 g/mol. The van der Waals surface area contributed by atoms with Crippen molar-refractivity contribution in [1.82, 2.24) is 14.9 Å². The number of hydrogen-bond acceptors (Lipinski definition) is 4. The molecule has 0 spiro atoms. The maximum absolute atomic E-state index is 13.0. The second kappa shape index (κ2) is 7.96. The van der Waals surface area contributed by atoms with E-state index in [0.717, 1.165) is 43.4 Å². The molecule has 1 aromatic carbocycles. The highest BCUT2D eigenvalue weighted by molar-refractivity contribution is 7.89. The fraction of sp³-hybridized carbons (Fsp3) is 0.696. The molecule has 1 atom stereocenters. The highest BCUT2D eigenvalue weighted by atomic mass is 32.2. The Labute approximate surface area is 185 Å². The molecule has 7 nitrogen and oxygen atoms in total. The number of ether oxygens (including phenoxy) is 1. The third-order valence-electron chi connectivity index (χ3n) is 7.90. The smallest absolute Gasteiger partial charge is 0.315 e. The van der Waals surface area contributed by atoms with Crippen LogP contribution in [0.1, 0.15) is 44.9 Å². The fourth-order valence-electron chi connectivity index (χ4n) is 6.88. The standard InChI is InChI=1S/C23H33N3O4S/c1-30-20-3-2-4-21(10-20)31(28,29)26-6-5-16(15-26)14-24-22(27)25-23-11-17-7-18(12-23)9-19(8-17)13-23/h2-4,10,16-19H,5-9,11-15H2,1H3,(H2,24,25,27). The van der Waals surface area contributed by atoms with Crippen molar-refractivity contribution in [3.63, 3.8) is 0 Å². The number of hydrogen-bond donors (Lipinski definition) is 2. The molecule has 5 fully saturated rings. The van der Waals surface area contributed by atoms with Crippen molar-refractivity contribution in [3.05, 3.63) is 24.3 Å². The maximum atomic E-state index is 13.0. The zero-order chi connectivity index (χ0) is 21.6. The van der Waals surface area contributed by atoms with Gasteiger partial charge in [0.2, 0.25) is 10.0 Å². The summed E-state index contributed by atoms with van der Waals surface area (Å²) >= 11 is 0. The van der Waals surface area contributed by atoms with Gasteiger partial charge in [0.1, 0.15) is 5.75 Å². The Balaban J connectivity index is 1.14. The lowest BCUT2D eigenvalue weighted by Crippen LogP contribution is -2.61. The lowest BCUT2D eigenvalue weighted by atomic mass is 9.53. The molecular formula is C23H33N3O4S. The van der Waals surface area contributed by atoms with Crippen molar-refractivity contribution < 1.29 is 17.9 Å². The number of carbonyl (C=O) groups excluding carboxylic acids is 1. The first-order chi connectivity index (χ1) is 14.8. The van der Waals surface area contributed by atoms with E-state index in [1.165, 1.54) is 30.7 Å². The van der Waals surface area contributed by atoms with E-state index in [1.54, 1.807) is 24.3 Å². The van der Waals surface area contributed by atoms with Crippen LogP contribution in [0.4, 0.5) is 4.79 Å². The molecule has 0 aromatic heterocycles. The summed E-state index contributed by atoms with van der Waals surface area (Å²) in [7, 11) is -2.03. The number of sulfonamides is 1. The highest BCUT2D eigenvalue weighted by Crippen LogP contribution is 2.55. The lowest BCUT2D eigenvalue weighted by molar-refractivity contribution is -0.0135. The summed E-state index contributed by atoms with van der Waals surface area (Å²) < 4.78 is 32.6. The number of amides is 2. The van der Waals surface area contributed by atoms with Crippen molar-refractivity contribution in [1.29, 1.82) is 0 Å². The van der Waals surface area contributed by atoms with Crippen molar-refractivity contribution in [2.24, 2.45) is 23.7 Å². The summed E-state index contributed by atoms with van der Waals surface area (Å²) in [6, 6.07) is 6.49. The molecule has 31 heavy (non-hydrogen) atoms. The third-order valence-corrected chi connectivity index (χ3v) is 9.76. The molecule has 1 unspecified atom stereocenters. The summed E-state index contributed by atoms with van der Waals surface area (Å²) in [4.78, 5) is 12.9. The molecule has 0 radical (unpaired) electrons. The van der Waals surface area contributed by atoms with E-state index in [4.69, 9.17) is 4.74 Å². The molecule has 8 heteroatoms. The molecule has 4 bridgehead atoms. The van der Waals surface area contributed by atoms with Crippen LogP contribution in [0.2, 0.25) is 0 Å². The Bertz CT molecular complexity index is 913. The van der Waals surface area contributed by atoms with E-state index < -0.39 is 10.0 Å². The molecule has 1 saturated heterocycles. The van der Waals surface area contributed by atoms with Gasteiger partial charge in [0, 0.05) is 31.2 Å². The quantitative estimate of drug-likeness (QED) is 0.702. The van der Waals surface area contributed by atoms with Crippen LogP contribution < -0.4 is 15.4 Å². The maximum Gasteiger partial charge on any atom is 0.315 e. The molecule has 2 amide bonds. The van der Waals surface area contributed by atoms with E-state index in [9.17, 15) is 13.2 Å². The Hall–Kier alpha value is -1.80. The first kappa shape index (κ1) is 21.1. The molecule has 1 aliphatic heterocycles. The van der Waals surface area contributed by atoms with Crippen LogP contribution in [0.15, 0.2) is 29.2 Å². The minimum Gasteiger partial charge on any atom is -0.497 e. The first-order valence-electron chi connectivity index (χ1n) is 11.6. The van der Waals surface area contributed by atoms with Crippen molar-refractivity contribution in [3.8, 4) is 5.75 Å². The van der Waals surface area contributed by atoms with Crippen molar-refractivity contribution in [2.75, 3.05) is 26.7 Å². The molecular weight excluding hydrogens is 414 g/mol. The zero-order valence-corrected chi connectivity index (χ0v) is 19.0. The lowest BCUT2D eigenvalue weighted by Gasteiger charge is -2.56. The molecule has 1 aromatic rings. The predicted molar refractivity (Wildman–Crippen MR) is 117 cm³/mol. The van der Waals surface area contributed by atoms with E-state index in [0.29, 0.717) is 25.4 Å². The molecule has 4 saturated carbocycles. The van der Waals surface area contributed by atoms with Crippen LogP contribution in [0.5, 0.6) is 5.75 Å². The summed E-state index contributed by atoms with van der Waals surface area (Å²) in [6.45, 7) is 1.40. The van der Waals surface area contributed by atoms with E-state index in [2.05, 4.69) is 10.6 Å². The molecule has 2 N–H and O–H groups in total. The molecule has 4 aliphatic carbocycles. The molecule has 1 heterocycles. The van der Waals surface area contributed by atoms with Crippen LogP contribution in [-0.2, 0) is 10.0 Å². The first-order valence-corrected chi connectivity index (χ1v) is 13.0. The topological polar surface area (TPSA) is 87.7 Å². The number of nitrogens with one attached hydrogen (secondary N) is 2. The van der Waals surface area contributed by atoms with Gasteiger partial charge in [0.25, 0.3) is 0 Å². The highest BCUT2D eigenvalue weighted by Gasteiger charge is 2.51. The second-order valence-corrected chi connectivity index (χ2v) is 12.2. The summed E-state index contributed by atoms with van der Waals surface area (Å²) in [5, 5.41) is 6.37. The van der Waals surface area contributed by atoms with Crippen LogP contribution in [0.3, 0.4) is 0 Å². The average Bonchev–Trinajstić information content (AvgIpc) is 3.21. The number of benzene rings is 1. The molecule has 170 valence electrons. The van der Waals surface area contributed by atoms with Gasteiger partial charge in [-0.2, -0.15) is 4.31 Å². The van der Waals surface area contributed by atoms with Crippen LogP contribution in [0.25, 0.3) is 0 Å². The van der Waals surface area contributed by atoms with Gasteiger partial charge in [-0.15, -0.1) is 0 Å². The van der Waals surface area contributed by atoms with Crippen molar-refractivity contribution in [2.45, 2.75) is 55.4 Å². The van der Waals surface area contributed by atoms with E-state index in [1.807, 2.05) is 0 Å².